The van der Waals surface area contributed by atoms with Gasteiger partial charge in [-0.1, -0.05) is 60.7 Å². The second-order valence-corrected chi connectivity index (χ2v) is 7.71. The molecule has 1 heterocycles. The topological polar surface area (TPSA) is 81.4 Å². The van der Waals surface area contributed by atoms with Gasteiger partial charge in [0, 0.05) is 5.92 Å². The van der Waals surface area contributed by atoms with Crippen LogP contribution < -0.4 is 0 Å². The molecule has 0 amide bonds. The van der Waals surface area contributed by atoms with E-state index in [1.165, 1.54) is 0 Å². The van der Waals surface area contributed by atoms with Crippen molar-refractivity contribution in [3.63, 3.8) is 0 Å². The van der Waals surface area contributed by atoms with E-state index in [9.17, 15) is 18.8 Å². The van der Waals surface area contributed by atoms with E-state index in [1.54, 1.807) is 24.3 Å². The second kappa shape index (κ2) is 6.73. The van der Waals surface area contributed by atoms with Crippen molar-refractivity contribution >= 4 is 10.0 Å². The summed E-state index contributed by atoms with van der Waals surface area (Å²) < 4.78 is 26.7. The van der Waals surface area contributed by atoms with Crippen LogP contribution in [0.2, 0.25) is 0 Å². The van der Waals surface area contributed by atoms with Gasteiger partial charge < -0.3 is 5.11 Å². The molecule has 124 valence electrons. The molecule has 1 saturated heterocycles. The maximum atomic E-state index is 12.8. The fraction of sp³-hybridized carbons (Fsp3) is 0.278. The standard InChI is InChI=1S/C18H18N2O3S/c19-11-16-18(15-9-5-2-6-10-15)17(12-21)20(16)24(22,23)13-14-7-3-1-4-8-14/h1-10,16-18,21H,12-13H2/t16-,17-,18-/m0/s1. The number of rotatable bonds is 5. The molecule has 0 spiro atoms. The van der Waals surface area contributed by atoms with E-state index in [2.05, 4.69) is 6.07 Å². The molecule has 1 aliphatic rings. The van der Waals surface area contributed by atoms with Gasteiger partial charge in [-0.05, 0) is 11.1 Å². The number of hydrogen-bond acceptors (Lipinski definition) is 4. The predicted octanol–water partition coefficient (Wildman–Crippen LogP) is 1.87. The Hall–Kier alpha value is -2.20. The summed E-state index contributed by atoms with van der Waals surface area (Å²) in [4.78, 5) is 0. The molecule has 2 aromatic rings. The van der Waals surface area contributed by atoms with Crippen LogP contribution in [0.4, 0.5) is 0 Å². The average molecular weight is 342 g/mol. The molecule has 2 aromatic carbocycles. The molecular weight excluding hydrogens is 324 g/mol. The molecular formula is C18H18N2O3S. The lowest BCUT2D eigenvalue weighted by Crippen LogP contribution is -2.65. The molecule has 6 heteroatoms. The van der Waals surface area contributed by atoms with Gasteiger partial charge in [0.05, 0.1) is 24.5 Å². The first-order valence-corrected chi connectivity index (χ1v) is 9.30. The van der Waals surface area contributed by atoms with Gasteiger partial charge in [-0.2, -0.15) is 9.57 Å². The van der Waals surface area contributed by atoms with Gasteiger partial charge in [-0.25, -0.2) is 8.42 Å². The molecule has 0 saturated carbocycles. The minimum Gasteiger partial charge on any atom is -0.395 e. The molecule has 0 aromatic heterocycles. The summed E-state index contributed by atoms with van der Waals surface area (Å²) in [5.41, 5.74) is 1.53. The van der Waals surface area contributed by atoms with Crippen molar-refractivity contribution in [2.75, 3.05) is 6.61 Å². The summed E-state index contributed by atoms with van der Waals surface area (Å²) in [6.07, 6.45) is 0. The molecule has 1 aliphatic heterocycles. The molecule has 0 radical (unpaired) electrons. The Labute approximate surface area is 141 Å². The van der Waals surface area contributed by atoms with E-state index >= 15 is 0 Å². The zero-order valence-electron chi connectivity index (χ0n) is 13.0. The van der Waals surface area contributed by atoms with Gasteiger partial charge in [-0.3, -0.25) is 0 Å². The highest BCUT2D eigenvalue weighted by atomic mass is 32.2. The SMILES string of the molecule is N#C[C@H]1[C@H](c2ccccc2)[C@H](CO)N1S(=O)(=O)Cc1ccccc1. The predicted molar refractivity (Wildman–Crippen MR) is 90.4 cm³/mol. The van der Waals surface area contributed by atoms with E-state index < -0.39 is 22.1 Å². The van der Waals surface area contributed by atoms with Crippen LogP contribution in [0.3, 0.4) is 0 Å². The van der Waals surface area contributed by atoms with Crippen molar-refractivity contribution in [2.45, 2.75) is 23.8 Å². The first kappa shape index (κ1) is 16.7. The lowest BCUT2D eigenvalue weighted by Gasteiger charge is -2.50. The molecule has 5 nitrogen and oxygen atoms in total. The Bertz CT molecular complexity index is 832. The van der Waals surface area contributed by atoms with E-state index in [0.717, 1.165) is 9.87 Å². The molecule has 3 atom stereocenters. The third kappa shape index (κ3) is 2.94. The quantitative estimate of drug-likeness (QED) is 0.899. The first-order chi connectivity index (χ1) is 11.6. The monoisotopic (exact) mass is 342 g/mol. The van der Waals surface area contributed by atoms with Gasteiger partial charge in [0.2, 0.25) is 10.0 Å². The van der Waals surface area contributed by atoms with Crippen molar-refractivity contribution in [3.05, 3.63) is 71.8 Å². The Balaban J connectivity index is 1.89. The van der Waals surface area contributed by atoms with Crippen molar-refractivity contribution in [2.24, 2.45) is 0 Å². The van der Waals surface area contributed by atoms with Crippen LogP contribution in [0.25, 0.3) is 0 Å². The minimum atomic E-state index is -3.69. The number of aliphatic hydroxyl groups is 1. The van der Waals surface area contributed by atoms with Crippen LogP contribution in [-0.4, -0.2) is 36.5 Å². The van der Waals surface area contributed by atoms with Crippen molar-refractivity contribution in [1.29, 1.82) is 5.26 Å². The fourth-order valence-corrected chi connectivity index (χ4v) is 5.18. The lowest BCUT2D eigenvalue weighted by atomic mass is 9.78. The summed E-state index contributed by atoms with van der Waals surface area (Å²) in [6, 6.07) is 18.8. The zero-order valence-corrected chi connectivity index (χ0v) is 13.8. The Kier molecular flexibility index (Phi) is 4.67. The van der Waals surface area contributed by atoms with Gasteiger partial charge >= 0.3 is 0 Å². The number of sulfonamides is 1. The highest BCUT2D eigenvalue weighted by molar-refractivity contribution is 7.88. The fourth-order valence-electron chi connectivity index (χ4n) is 3.28. The van der Waals surface area contributed by atoms with Crippen LogP contribution in [0.15, 0.2) is 60.7 Å². The number of hydrogen-bond donors (Lipinski definition) is 1. The number of benzene rings is 2. The zero-order chi connectivity index (χ0) is 17.2. The molecule has 1 fully saturated rings. The molecule has 3 rings (SSSR count). The maximum absolute atomic E-state index is 12.8. The smallest absolute Gasteiger partial charge is 0.219 e. The molecule has 0 aliphatic carbocycles. The normalized spacial score (nSPS) is 24.1. The van der Waals surface area contributed by atoms with E-state index in [1.807, 2.05) is 36.4 Å². The largest absolute Gasteiger partial charge is 0.395 e. The van der Waals surface area contributed by atoms with Crippen LogP contribution in [-0.2, 0) is 15.8 Å². The van der Waals surface area contributed by atoms with Crippen LogP contribution >= 0.6 is 0 Å². The summed E-state index contributed by atoms with van der Waals surface area (Å²) in [5, 5.41) is 19.2. The Morgan fingerprint density at radius 2 is 1.62 bits per heavy atom. The number of nitriles is 1. The van der Waals surface area contributed by atoms with Gasteiger partial charge in [0.25, 0.3) is 0 Å². The van der Waals surface area contributed by atoms with Crippen molar-refractivity contribution < 1.29 is 13.5 Å². The summed E-state index contributed by atoms with van der Waals surface area (Å²) in [5.74, 6) is -0.490. The van der Waals surface area contributed by atoms with Crippen LogP contribution in [0, 0.1) is 11.3 Å². The van der Waals surface area contributed by atoms with Gasteiger partial charge in [0.15, 0.2) is 0 Å². The molecule has 1 N–H and O–H groups in total. The summed E-state index contributed by atoms with van der Waals surface area (Å²) in [6.45, 7) is -0.314. The van der Waals surface area contributed by atoms with Gasteiger partial charge in [-0.15, -0.1) is 0 Å². The Morgan fingerprint density at radius 3 is 2.17 bits per heavy atom. The molecule has 0 bridgehead atoms. The van der Waals surface area contributed by atoms with E-state index in [4.69, 9.17) is 0 Å². The van der Waals surface area contributed by atoms with Crippen molar-refractivity contribution in [3.8, 4) is 6.07 Å². The lowest BCUT2D eigenvalue weighted by molar-refractivity contribution is 0.0555. The van der Waals surface area contributed by atoms with Crippen LogP contribution in [0.1, 0.15) is 17.0 Å². The first-order valence-electron chi connectivity index (χ1n) is 7.69. The average Bonchev–Trinajstić information content (AvgIpc) is 2.56. The highest BCUT2D eigenvalue weighted by Crippen LogP contribution is 2.42. The molecule has 24 heavy (non-hydrogen) atoms. The Morgan fingerprint density at radius 1 is 1.04 bits per heavy atom. The van der Waals surface area contributed by atoms with Gasteiger partial charge in [0.1, 0.15) is 6.04 Å². The maximum Gasteiger partial charge on any atom is 0.219 e. The third-order valence-electron chi connectivity index (χ3n) is 4.37. The highest BCUT2D eigenvalue weighted by Gasteiger charge is 2.54. The number of aliphatic hydroxyl groups excluding tert-OH is 1. The van der Waals surface area contributed by atoms with E-state index in [-0.39, 0.29) is 18.3 Å². The van der Waals surface area contributed by atoms with Crippen molar-refractivity contribution in [1.82, 2.24) is 4.31 Å². The van der Waals surface area contributed by atoms with Crippen LogP contribution in [0.5, 0.6) is 0 Å². The molecule has 0 unspecified atom stereocenters. The second-order valence-electron chi connectivity index (χ2n) is 5.83. The number of nitrogens with zero attached hydrogens (tertiary/aromatic N) is 2. The summed E-state index contributed by atoms with van der Waals surface area (Å²) >= 11 is 0. The van der Waals surface area contributed by atoms with E-state index in [0.29, 0.717) is 5.56 Å². The minimum absolute atomic E-state index is 0.177. The third-order valence-corrected chi connectivity index (χ3v) is 6.21. The summed E-state index contributed by atoms with van der Waals surface area (Å²) in [7, 11) is -3.69.